The number of ether oxygens (including phenoxy) is 3. The van der Waals surface area contributed by atoms with Crippen LogP contribution < -0.4 is 9.47 Å². The smallest absolute Gasteiger partial charge is 0.161 e. The molecule has 1 aliphatic carbocycles. The van der Waals surface area contributed by atoms with Crippen molar-refractivity contribution >= 4 is 0 Å². The van der Waals surface area contributed by atoms with E-state index in [0.29, 0.717) is 25.7 Å². The fraction of sp³-hybridized carbons (Fsp3) is 0.474. The average molecular weight is 302 g/mol. The van der Waals surface area contributed by atoms with E-state index in [1.807, 2.05) is 12.1 Å². The number of allylic oxidation sites excluding steroid dienone is 2. The van der Waals surface area contributed by atoms with E-state index >= 15 is 0 Å². The zero-order valence-electron chi connectivity index (χ0n) is 13.8. The van der Waals surface area contributed by atoms with Crippen molar-refractivity contribution in [2.45, 2.75) is 32.6 Å². The number of rotatable bonds is 8. The van der Waals surface area contributed by atoms with Gasteiger partial charge in [-0.05, 0) is 42.0 Å². The molecule has 0 atom stereocenters. The van der Waals surface area contributed by atoms with Crippen molar-refractivity contribution < 1.29 is 14.2 Å². The van der Waals surface area contributed by atoms with Crippen LogP contribution in [0.3, 0.4) is 0 Å². The molecular weight excluding hydrogens is 276 g/mol. The van der Waals surface area contributed by atoms with Crippen LogP contribution in [0.4, 0.5) is 0 Å². The van der Waals surface area contributed by atoms with Crippen molar-refractivity contribution in [1.82, 2.24) is 0 Å². The first-order valence-corrected chi connectivity index (χ1v) is 7.94. The van der Waals surface area contributed by atoms with Gasteiger partial charge in [0, 0.05) is 0 Å². The molecule has 0 unspecified atom stereocenters. The molecule has 1 aliphatic rings. The summed E-state index contributed by atoms with van der Waals surface area (Å²) in [7, 11) is 1.67. The van der Waals surface area contributed by atoms with Gasteiger partial charge in [0.2, 0.25) is 0 Å². The Kier molecular flexibility index (Phi) is 6.53. The number of methoxy groups -OCH3 is 1. The van der Waals surface area contributed by atoms with Gasteiger partial charge in [0.15, 0.2) is 11.5 Å². The molecule has 0 radical (unpaired) electrons. The van der Waals surface area contributed by atoms with Crippen LogP contribution in [-0.4, -0.2) is 26.9 Å². The second-order valence-electron chi connectivity index (χ2n) is 5.72. The van der Waals surface area contributed by atoms with Crippen LogP contribution in [0, 0.1) is 0 Å². The molecule has 3 nitrogen and oxygen atoms in total. The third-order valence-electron chi connectivity index (χ3n) is 3.68. The molecule has 2 rings (SSSR count). The van der Waals surface area contributed by atoms with Crippen LogP contribution in [0.2, 0.25) is 0 Å². The van der Waals surface area contributed by atoms with Crippen LogP contribution in [-0.2, 0) is 4.74 Å². The molecule has 1 aromatic carbocycles. The zero-order chi connectivity index (χ0) is 15.8. The third-order valence-corrected chi connectivity index (χ3v) is 3.68. The summed E-state index contributed by atoms with van der Waals surface area (Å²) in [6.07, 6.45) is 8.81. The summed E-state index contributed by atoms with van der Waals surface area (Å²) in [5.74, 6) is 2.03. The fourth-order valence-corrected chi connectivity index (χ4v) is 2.34. The van der Waals surface area contributed by atoms with Gasteiger partial charge in [0.05, 0.1) is 20.3 Å². The van der Waals surface area contributed by atoms with E-state index in [1.165, 1.54) is 11.1 Å². The summed E-state index contributed by atoms with van der Waals surface area (Å²) in [5, 5.41) is 0. The lowest BCUT2D eigenvalue weighted by molar-refractivity contribution is 0.116. The van der Waals surface area contributed by atoms with Crippen molar-refractivity contribution in [1.29, 1.82) is 0 Å². The van der Waals surface area contributed by atoms with Gasteiger partial charge >= 0.3 is 0 Å². The monoisotopic (exact) mass is 302 g/mol. The summed E-state index contributed by atoms with van der Waals surface area (Å²) >= 11 is 0. The van der Waals surface area contributed by atoms with E-state index in [0.717, 1.165) is 24.3 Å². The topological polar surface area (TPSA) is 27.7 Å². The Balaban J connectivity index is 1.76. The summed E-state index contributed by atoms with van der Waals surface area (Å²) in [6.45, 7) is 6.08. The van der Waals surface area contributed by atoms with E-state index in [4.69, 9.17) is 14.2 Å². The number of benzene rings is 1. The first-order valence-electron chi connectivity index (χ1n) is 7.94. The van der Waals surface area contributed by atoms with E-state index in [9.17, 15) is 0 Å². The van der Waals surface area contributed by atoms with Crippen molar-refractivity contribution in [2.24, 2.45) is 0 Å². The molecule has 0 N–H and O–H groups in total. The van der Waals surface area contributed by atoms with Gasteiger partial charge in [-0.3, -0.25) is 0 Å². The standard InChI is InChI=1S/C19H26O3/c1-15(2)17-9-10-18(19(13-17)20-3)22-12-11-21-14-16-7-5-4-6-8-16/h5,7-10,13,15H,4,6,11-12,14H2,1-3H3. The van der Waals surface area contributed by atoms with Crippen molar-refractivity contribution in [3.63, 3.8) is 0 Å². The second-order valence-corrected chi connectivity index (χ2v) is 5.72. The van der Waals surface area contributed by atoms with Gasteiger partial charge in [-0.1, -0.05) is 38.1 Å². The van der Waals surface area contributed by atoms with E-state index in [1.54, 1.807) is 7.11 Å². The Bertz CT molecular complexity index is 529. The highest BCUT2D eigenvalue weighted by atomic mass is 16.5. The Morgan fingerprint density at radius 1 is 1.09 bits per heavy atom. The largest absolute Gasteiger partial charge is 0.493 e. The van der Waals surface area contributed by atoms with Crippen molar-refractivity contribution in [3.8, 4) is 11.5 Å². The molecule has 0 heterocycles. The summed E-state index contributed by atoms with van der Waals surface area (Å²) in [5.41, 5.74) is 2.50. The third kappa shape index (κ3) is 4.92. The Labute approximate surface area is 133 Å². The van der Waals surface area contributed by atoms with E-state index < -0.39 is 0 Å². The molecular formula is C19H26O3. The maximum Gasteiger partial charge on any atom is 0.161 e. The second kappa shape index (κ2) is 8.64. The number of hydrogen-bond acceptors (Lipinski definition) is 3. The lowest BCUT2D eigenvalue weighted by atomic mass is 10.0. The molecule has 1 aromatic rings. The van der Waals surface area contributed by atoms with Gasteiger partial charge in [0.1, 0.15) is 6.61 Å². The molecule has 22 heavy (non-hydrogen) atoms. The molecule has 3 heteroatoms. The average Bonchev–Trinajstić information content (AvgIpc) is 2.55. The van der Waals surface area contributed by atoms with Crippen LogP contribution in [0.1, 0.15) is 38.2 Å². The van der Waals surface area contributed by atoms with Crippen molar-refractivity contribution in [3.05, 3.63) is 47.6 Å². The molecule has 0 spiro atoms. The lowest BCUT2D eigenvalue weighted by Crippen LogP contribution is -2.09. The summed E-state index contributed by atoms with van der Waals surface area (Å²) in [4.78, 5) is 0. The molecule has 0 amide bonds. The summed E-state index contributed by atoms with van der Waals surface area (Å²) in [6, 6.07) is 6.10. The molecule has 0 saturated heterocycles. The minimum absolute atomic E-state index is 0.475. The molecule has 0 aliphatic heterocycles. The van der Waals surface area contributed by atoms with Gasteiger partial charge in [-0.25, -0.2) is 0 Å². The van der Waals surface area contributed by atoms with Gasteiger partial charge in [0.25, 0.3) is 0 Å². The maximum atomic E-state index is 5.76. The summed E-state index contributed by atoms with van der Waals surface area (Å²) < 4.78 is 16.8. The van der Waals surface area contributed by atoms with Crippen molar-refractivity contribution in [2.75, 3.05) is 26.9 Å². The molecule has 0 saturated carbocycles. The molecule has 0 bridgehead atoms. The Morgan fingerprint density at radius 3 is 2.64 bits per heavy atom. The minimum atomic E-state index is 0.475. The highest BCUT2D eigenvalue weighted by Gasteiger charge is 2.08. The van der Waals surface area contributed by atoms with Crippen LogP contribution in [0.25, 0.3) is 0 Å². The molecule has 120 valence electrons. The first-order chi connectivity index (χ1) is 10.7. The first kappa shape index (κ1) is 16.6. The van der Waals surface area contributed by atoms with E-state index in [2.05, 4.69) is 38.1 Å². The van der Waals surface area contributed by atoms with Gasteiger partial charge in [-0.15, -0.1) is 0 Å². The van der Waals surface area contributed by atoms with Gasteiger partial charge < -0.3 is 14.2 Å². The highest BCUT2D eigenvalue weighted by Crippen LogP contribution is 2.30. The van der Waals surface area contributed by atoms with E-state index in [-0.39, 0.29) is 0 Å². The number of hydrogen-bond donors (Lipinski definition) is 0. The fourth-order valence-electron chi connectivity index (χ4n) is 2.34. The normalized spacial score (nSPS) is 14.1. The van der Waals surface area contributed by atoms with Crippen LogP contribution >= 0.6 is 0 Å². The van der Waals surface area contributed by atoms with Crippen LogP contribution in [0.15, 0.2) is 42.0 Å². The minimum Gasteiger partial charge on any atom is -0.493 e. The lowest BCUT2D eigenvalue weighted by Gasteiger charge is -2.14. The van der Waals surface area contributed by atoms with Crippen LogP contribution in [0.5, 0.6) is 11.5 Å². The van der Waals surface area contributed by atoms with Gasteiger partial charge in [-0.2, -0.15) is 0 Å². The predicted molar refractivity (Wildman–Crippen MR) is 89.9 cm³/mol. The Hall–Kier alpha value is -1.74. The quantitative estimate of drug-likeness (QED) is 0.662. The Morgan fingerprint density at radius 2 is 1.95 bits per heavy atom. The molecule has 0 aromatic heterocycles. The predicted octanol–water partition coefficient (Wildman–Crippen LogP) is 4.49. The zero-order valence-corrected chi connectivity index (χ0v) is 13.8. The SMILES string of the molecule is COc1cc(C(C)C)ccc1OCCOCC1=CCCC=C1. The molecule has 0 fully saturated rings. The maximum absolute atomic E-state index is 5.76. The highest BCUT2D eigenvalue weighted by molar-refractivity contribution is 5.43.